The van der Waals surface area contributed by atoms with Crippen LogP contribution in [-0.2, 0) is 9.59 Å². The van der Waals surface area contributed by atoms with Gasteiger partial charge in [-0.25, -0.2) is 0 Å². The molecule has 0 aliphatic carbocycles. The first kappa shape index (κ1) is 16.9. The first-order valence-corrected chi connectivity index (χ1v) is 6.80. The summed E-state index contributed by atoms with van der Waals surface area (Å²) in [7, 11) is 0. The number of carbonyl (C=O) groups is 2. The first-order valence-electron chi connectivity index (χ1n) is 6.37. The molecule has 1 unspecified atom stereocenters. The highest BCUT2D eigenvalue weighted by Gasteiger charge is 2.05. The molecule has 1 atom stereocenters. The van der Waals surface area contributed by atoms with Crippen LogP contribution >= 0.6 is 11.6 Å². The van der Waals surface area contributed by atoms with E-state index in [0.717, 1.165) is 0 Å². The van der Waals surface area contributed by atoms with Gasteiger partial charge in [0.15, 0.2) is 0 Å². The van der Waals surface area contributed by atoms with Crippen LogP contribution in [-0.4, -0.2) is 30.3 Å². The number of alkyl halides is 1. The summed E-state index contributed by atoms with van der Waals surface area (Å²) in [6.07, 6.45) is 0. The van der Waals surface area contributed by atoms with Gasteiger partial charge in [0.25, 0.3) is 0 Å². The Hall–Kier alpha value is -2.19. The fourth-order valence-electron chi connectivity index (χ4n) is 1.37. The molecule has 1 aromatic rings. The number of hydrogen-bond donors (Lipinski definition) is 2. The second-order valence-electron chi connectivity index (χ2n) is 4.19. The molecule has 0 fully saturated rings. The number of rotatable bonds is 5. The third kappa shape index (κ3) is 7.23. The molecule has 0 aliphatic rings. The van der Waals surface area contributed by atoms with Crippen molar-refractivity contribution < 1.29 is 14.3 Å². The van der Waals surface area contributed by atoms with Crippen molar-refractivity contribution in [1.29, 1.82) is 0 Å². The second-order valence-corrected chi connectivity index (χ2v) is 4.84. The number of hydrogen-bond acceptors (Lipinski definition) is 3. The molecule has 2 amide bonds. The average Bonchev–Trinajstić information content (AvgIpc) is 2.42. The zero-order valence-electron chi connectivity index (χ0n) is 11.9. The molecule has 0 aromatic heterocycles. The summed E-state index contributed by atoms with van der Waals surface area (Å²) in [6.45, 7) is 3.45. The molecule has 5 nitrogen and oxygen atoms in total. The fraction of sp³-hybridized carbons (Fsp3) is 0.333. The van der Waals surface area contributed by atoms with E-state index in [4.69, 9.17) is 16.3 Å². The Balaban J connectivity index is 2.36. The van der Waals surface area contributed by atoms with Gasteiger partial charge in [0.1, 0.15) is 17.7 Å². The van der Waals surface area contributed by atoms with Gasteiger partial charge < -0.3 is 15.4 Å². The molecule has 0 spiro atoms. The molecule has 112 valence electrons. The summed E-state index contributed by atoms with van der Waals surface area (Å²) in [5.41, 5.74) is 0.663. The first-order chi connectivity index (χ1) is 9.99. The minimum absolute atomic E-state index is 0.142. The molecule has 2 N–H and O–H groups in total. The summed E-state index contributed by atoms with van der Waals surface area (Å²) >= 11 is 5.58. The van der Waals surface area contributed by atoms with E-state index in [9.17, 15) is 9.59 Å². The van der Waals surface area contributed by atoms with Gasteiger partial charge in [-0.2, -0.15) is 0 Å². The predicted octanol–water partition coefficient (Wildman–Crippen LogP) is 1.77. The van der Waals surface area contributed by atoms with Crippen molar-refractivity contribution in [2.45, 2.75) is 19.2 Å². The molecule has 0 radical (unpaired) electrons. The molecule has 0 bridgehead atoms. The van der Waals surface area contributed by atoms with Crippen LogP contribution in [0.5, 0.6) is 5.75 Å². The predicted molar refractivity (Wildman–Crippen MR) is 82.3 cm³/mol. The molecule has 0 saturated heterocycles. The van der Waals surface area contributed by atoms with Crippen molar-refractivity contribution in [2.75, 3.05) is 18.5 Å². The Bertz CT molecular complexity index is 562. The summed E-state index contributed by atoms with van der Waals surface area (Å²) in [4.78, 5) is 22.1. The van der Waals surface area contributed by atoms with E-state index in [1.54, 1.807) is 31.2 Å². The smallest absolute Gasteiger partial charge is 0.238 e. The summed E-state index contributed by atoms with van der Waals surface area (Å²) < 4.78 is 5.42. The molecule has 6 heteroatoms. The lowest BCUT2D eigenvalue weighted by atomic mass is 10.3. The topological polar surface area (TPSA) is 67.4 Å². The van der Waals surface area contributed by atoms with E-state index in [2.05, 4.69) is 22.5 Å². The highest BCUT2D eigenvalue weighted by atomic mass is 35.5. The second kappa shape index (κ2) is 8.88. The van der Waals surface area contributed by atoms with E-state index in [1.165, 1.54) is 6.92 Å². The monoisotopic (exact) mass is 308 g/mol. The highest BCUT2D eigenvalue weighted by molar-refractivity contribution is 6.30. The lowest BCUT2D eigenvalue weighted by Gasteiger charge is -2.05. The lowest BCUT2D eigenvalue weighted by molar-refractivity contribution is -0.120. The maximum atomic E-state index is 11.1. The minimum atomic E-state index is -0.570. The molecule has 0 heterocycles. The van der Waals surface area contributed by atoms with E-state index < -0.39 is 5.38 Å². The van der Waals surface area contributed by atoms with Gasteiger partial charge in [0.2, 0.25) is 11.8 Å². The number of anilines is 1. The van der Waals surface area contributed by atoms with Crippen molar-refractivity contribution in [3.8, 4) is 17.6 Å². The zero-order valence-corrected chi connectivity index (χ0v) is 12.7. The number of halogens is 1. The van der Waals surface area contributed by atoms with Crippen LogP contribution in [0.4, 0.5) is 5.69 Å². The average molecular weight is 309 g/mol. The SMILES string of the molecule is CC(=O)Nc1cccc(OCC#CCNC(=O)C(C)Cl)c1. The van der Waals surface area contributed by atoms with Crippen LogP contribution in [0.25, 0.3) is 0 Å². The van der Waals surface area contributed by atoms with Crippen LogP contribution in [0.3, 0.4) is 0 Å². The molecule has 0 aliphatic heterocycles. The number of benzene rings is 1. The maximum absolute atomic E-state index is 11.1. The molecule has 1 aromatic carbocycles. The third-order valence-corrected chi connectivity index (χ3v) is 2.50. The fourth-order valence-corrected chi connectivity index (χ4v) is 1.45. The van der Waals surface area contributed by atoms with Gasteiger partial charge in [-0.1, -0.05) is 17.9 Å². The van der Waals surface area contributed by atoms with Gasteiger partial charge in [0.05, 0.1) is 6.54 Å². The van der Waals surface area contributed by atoms with Gasteiger partial charge >= 0.3 is 0 Å². The molecular weight excluding hydrogens is 292 g/mol. The van der Waals surface area contributed by atoms with Crippen LogP contribution in [0, 0.1) is 11.8 Å². The van der Waals surface area contributed by atoms with Crippen molar-refractivity contribution in [1.82, 2.24) is 5.32 Å². The number of amides is 2. The van der Waals surface area contributed by atoms with E-state index >= 15 is 0 Å². The Kier molecular flexibility index (Phi) is 7.13. The Morgan fingerprint density at radius 2 is 2.14 bits per heavy atom. The van der Waals surface area contributed by atoms with Crippen molar-refractivity contribution in [3.63, 3.8) is 0 Å². The summed E-state index contributed by atoms with van der Waals surface area (Å²) in [6, 6.07) is 7.02. The Morgan fingerprint density at radius 3 is 2.81 bits per heavy atom. The Morgan fingerprint density at radius 1 is 1.38 bits per heavy atom. The van der Waals surface area contributed by atoms with Crippen LogP contribution in [0.1, 0.15) is 13.8 Å². The van der Waals surface area contributed by atoms with E-state index in [0.29, 0.717) is 11.4 Å². The van der Waals surface area contributed by atoms with Gasteiger partial charge in [-0.15, -0.1) is 11.6 Å². The maximum Gasteiger partial charge on any atom is 0.238 e. The molecule has 1 rings (SSSR count). The van der Waals surface area contributed by atoms with E-state index in [-0.39, 0.29) is 25.0 Å². The Labute approximate surface area is 129 Å². The number of ether oxygens (including phenoxy) is 1. The lowest BCUT2D eigenvalue weighted by Crippen LogP contribution is -2.29. The standard InChI is InChI=1S/C15H17ClN2O3/c1-11(16)15(20)17-8-3-4-9-21-14-7-5-6-13(10-14)18-12(2)19/h5-7,10-11H,8-9H2,1-2H3,(H,17,20)(H,18,19). The van der Waals surface area contributed by atoms with E-state index in [1.807, 2.05) is 0 Å². The summed E-state index contributed by atoms with van der Waals surface area (Å²) in [5.74, 6) is 5.73. The van der Waals surface area contributed by atoms with Crippen molar-refractivity contribution >= 4 is 29.1 Å². The van der Waals surface area contributed by atoms with Crippen LogP contribution in [0.15, 0.2) is 24.3 Å². The number of nitrogens with one attached hydrogen (secondary N) is 2. The molecule has 21 heavy (non-hydrogen) atoms. The zero-order chi connectivity index (χ0) is 15.7. The largest absolute Gasteiger partial charge is 0.481 e. The molecule has 0 saturated carbocycles. The summed E-state index contributed by atoms with van der Waals surface area (Å²) in [5, 5.41) is 4.66. The quantitative estimate of drug-likeness (QED) is 0.643. The van der Waals surface area contributed by atoms with Gasteiger partial charge in [0, 0.05) is 18.7 Å². The molecular formula is C15H17ClN2O3. The van der Waals surface area contributed by atoms with Gasteiger partial charge in [-0.3, -0.25) is 9.59 Å². The van der Waals surface area contributed by atoms with Crippen LogP contribution < -0.4 is 15.4 Å². The number of carbonyl (C=O) groups excluding carboxylic acids is 2. The minimum Gasteiger partial charge on any atom is -0.481 e. The normalized spacial score (nSPS) is 10.8. The van der Waals surface area contributed by atoms with Crippen molar-refractivity contribution in [2.24, 2.45) is 0 Å². The van der Waals surface area contributed by atoms with Gasteiger partial charge in [-0.05, 0) is 19.1 Å². The van der Waals surface area contributed by atoms with Crippen molar-refractivity contribution in [3.05, 3.63) is 24.3 Å². The highest BCUT2D eigenvalue weighted by Crippen LogP contribution is 2.16. The third-order valence-electron chi connectivity index (χ3n) is 2.30. The van der Waals surface area contributed by atoms with Crippen LogP contribution in [0.2, 0.25) is 0 Å².